The Balaban J connectivity index is 1.69. The molecule has 0 aromatic carbocycles. The lowest BCUT2D eigenvalue weighted by molar-refractivity contribution is 0.346. The van der Waals surface area contributed by atoms with Crippen molar-refractivity contribution in [3.05, 3.63) is 59.7 Å². The van der Waals surface area contributed by atoms with E-state index in [1.807, 2.05) is 31.3 Å². The molecule has 1 atom stereocenters. The van der Waals surface area contributed by atoms with Gasteiger partial charge in [0.1, 0.15) is 11.7 Å². The molecule has 0 aliphatic rings. The van der Waals surface area contributed by atoms with E-state index in [-0.39, 0.29) is 6.04 Å². The number of aryl methyl sites for hydroxylation is 1. The average molecular weight is 337 g/mol. The third-order valence-corrected chi connectivity index (χ3v) is 4.86. The number of pyridine rings is 1. The Bertz CT molecular complexity index is 956. The second-order valence-corrected chi connectivity index (χ2v) is 6.35. The van der Waals surface area contributed by atoms with Crippen molar-refractivity contribution < 1.29 is 4.52 Å². The zero-order valence-corrected chi connectivity index (χ0v) is 14.1. The first-order valence-electron chi connectivity index (χ1n) is 7.56. The zero-order valence-electron chi connectivity index (χ0n) is 13.2. The Hall–Kier alpha value is -2.80. The van der Waals surface area contributed by atoms with Gasteiger partial charge in [-0.05, 0) is 43.0 Å². The zero-order chi connectivity index (χ0) is 16.5. The maximum atomic E-state index is 5.46. The molecular weight excluding hydrogens is 322 g/mol. The summed E-state index contributed by atoms with van der Waals surface area (Å²) >= 11 is 1.68. The van der Waals surface area contributed by atoms with E-state index < -0.39 is 0 Å². The van der Waals surface area contributed by atoms with Crippen LogP contribution in [0.5, 0.6) is 0 Å². The summed E-state index contributed by atoms with van der Waals surface area (Å²) in [7, 11) is 0. The van der Waals surface area contributed by atoms with Gasteiger partial charge in [0.25, 0.3) is 0 Å². The molecule has 0 unspecified atom stereocenters. The minimum Gasteiger partial charge on any atom is -0.337 e. The summed E-state index contributed by atoms with van der Waals surface area (Å²) in [5, 5.41) is 6.12. The number of nitrogens with zero attached hydrogens (tertiary/aromatic N) is 5. The lowest BCUT2D eigenvalue weighted by Crippen LogP contribution is -2.08. The predicted molar refractivity (Wildman–Crippen MR) is 91.6 cm³/mol. The number of rotatable bonds is 4. The summed E-state index contributed by atoms with van der Waals surface area (Å²) in [5.41, 5.74) is 1.90. The normalized spacial score (nSPS) is 12.4. The van der Waals surface area contributed by atoms with Crippen molar-refractivity contribution in [2.75, 3.05) is 0 Å². The number of imidazole rings is 1. The van der Waals surface area contributed by atoms with Gasteiger partial charge in [-0.2, -0.15) is 4.98 Å². The van der Waals surface area contributed by atoms with Gasteiger partial charge in [0.2, 0.25) is 11.7 Å². The lowest BCUT2D eigenvalue weighted by Gasteiger charge is -2.12. The minimum absolute atomic E-state index is 0.117. The van der Waals surface area contributed by atoms with Crippen molar-refractivity contribution in [3.8, 4) is 22.2 Å². The summed E-state index contributed by atoms with van der Waals surface area (Å²) < 4.78 is 7.51. The molecular formula is C17H15N5OS. The molecule has 0 bridgehead atoms. The molecule has 7 heteroatoms. The highest BCUT2D eigenvalue weighted by Crippen LogP contribution is 2.31. The molecule has 24 heavy (non-hydrogen) atoms. The van der Waals surface area contributed by atoms with Crippen LogP contribution in [0, 0.1) is 6.92 Å². The molecule has 0 radical (unpaired) electrons. The molecule has 0 aliphatic carbocycles. The number of hydrogen-bond acceptors (Lipinski definition) is 6. The number of aromatic nitrogens is 5. The van der Waals surface area contributed by atoms with E-state index in [4.69, 9.17) is 4.52 Å². The fourth-order valence-electron chi connectivity index (χ4n) is 2.53. The van der Waals surface area contributed by atoms with E-state index in [0.717, 1.165) is 10.7 Å². The number of hydrogen-bond donors (Lipinski definition) is 0. The second-order valence-electron chi connectivity index (χ2n) is 5.44. The van der Waals surface area contributed by atoms with Crippen LogP contribution in [0.25, 0.3) is 22.2 Å². The second kappa shape index (κ2) is 6.01. The van der Waals surface area contributed by atoms with Crippen LogP contribution in [0.15, 0.2) is 52.8 Å². The molecule has 4 heterocycles. The highest BCUT2D eigenvalue weighted by Gasteiger charge is 2.21. The highest BCUT2D eigenvalue weighted by molar-refractivity contribution is 7.13. The van der Waals surface area contributed by atoms with Crippen molar-refractivity contribution in [1.82, 2.24) is 24.7 Å². The fourth-order valence-corrected chi connectivity index (χ4v) is 3.45. The molecule has 0 N–H and O–H groups in total. The first kappa shape index (κ1) is 14.8. The van der Waals surface area contributed by atoms with E-state index in [1.54, 1.807) is 23.7 Å². The predicted octanol–water partition coefficient (Wildman–Crippen LogP) is 3.97. The molecule has 120 valence electrons. The fraction of sp³-hybridized carbons (Fsp3) is 0.176. The molecule has 0 saturated carbocycles. The summed E-state index contributed by atoms with van der Waals surface area (Å²) in [4.78, 5) is 14.4. The van der Waals surface area contributed by atoms with Gasteiger partial charge in [-0.1, -0.05) is 11.2 Å². The summed E-state index contributed by atoms with van der Waals surface area (Å²) in [6.45, 7) is 4.10. The van der Waals surface area contributed by atoms with Gasteiger partial charge in [-0.15, -0.1) is 11.3 Å². The Labute approximate surface area is 142 Å². The van der Waals surface area contributed by atoms with Gasteiger partial charge >= 0.3 is 0 Å². The van der Waals surface area contributed by atoms with Gasteiger partial charge in [-0.25, -0.2) is 4.98 Å². The number of thiophene rings is 1. The van der Waals surface area contributed by atoms with Crippen LogP contribution in [0.4, 0.5) is 0 Å². The molecule has 4 aromatic heterocycles. The van der Waals surface area contributed by atoms with E-state index in [2.05, 4.69) is 43.0 Å². The van der Waals surface area contributed by atoms with Gasteiger partial charge < -0.3 is 9.09 Å². The quantitative estimate of drug-likeness (QED) is 0.563. The molecule has 0 spiro atoms. The van der Waals surface area contributed by atoms with Crippen LogP contribution in [-0.4, -0.2) is 24.7 Å². The maximum absolute atomic E-state index is 5.46. The third-order valence-electron chi connectivity index (χ3n) is 3.84. The molecule has 0 saturated heterocycles. The highest BCUT2D eigenvalue weighted by atomic mass is 32.1. The third kappa shape index (κ3) is 2.52. The van der Waals surface area contributed by atoms with Crippen molar-refractivity contribution in [3.63, 3.8) is 0 Å². The first-order chi connectivity index (χ1) is 11.7. The van der Waals surface area contributed by atoms with Gasteiger partial charge in [0.15, 0.2) is 5.82 Å². The van der Waals surface area contributed by atoms with E-state index in [9.17, 15) is 0 Å². The Kier molecular flexibility index (Phi) is 3.70. The monoisotopic (exact) mass is 337 g/mol. The Morgan fingerprint density at radius 3 is 2.83 bits per heavy atom. The Morgan fingerprint density at radius 2 is 2.08 bits per heavy atom. The van der Waals surface area contributed by atoms with Gasteiger partial charge in [0, 0.05) is 18.6 Å². The SMILES string of the molecule is Cc1ccsc1-c1nccn1[C@@H](C)c1nc(-c2ccccn2)no1. The van der Waals surface area contributed by atoms with Crippen molar-refractivity contribution >= 4 is 11.3 Å². The van der Waals surface area contributed by atoms with Crippen molar-refractivity contribution in [1.29, 1.82) is 0 Å². The summed E-state index contributed by atoms with van der Waals surface area (Å²) in [5.74, 6) is 1.93. The van der Waals surface area contributed by atoms with Crippen LogP contribution in [-0.2, 0) is 0 Å². The van der Waals surface area contributed by atoms with Crippen LogP contribution in [0.3, 0.4) is 0 Å². The van der Waals surface area contributed by atoms with E-state index in [0.29, 0.717) is 17.4 Å². The standard InChI is InChI=1S/C17H15N5OS/c1-11-6-10-24-14(11)16-19-8-9-22(16)12(2)17-20-15(21-23-17)13-5-3-4-7-18-13/h3-10,12H,1-2H3/t12-/m0/s1. The largest absolute Gasteiger partial charge is 0.337 e. The summed E-state index contributed by atoms with van der Waals surface area (Å²) in [6, 6.07) is 7.59. The minimum atomic E-state index is -0.117. The van der Waals surface area contributed by atoms with Gasteiger partial charge in [0.05, 0.1) is 4.88 Å². The maximum Gasteiger partial charge on any atom is 0.249 e. The van der Waals surface area contributed by atoms with E-state index >= 15 is 0 Å². The first-order valence-corrected chi connectivity index (χ1v) is 8.44. The molecule has 0 fully saturated rings. The summed E-state index contributed by atoms with van der Waals surface area (Å²) in [6.07, 6.45) is 5.44. The average Bonchev–Trinajstić information content (AvgIpc) is 3.35. The Morgan fingerprint density at radius 1 is 1.17 bits per heavy atom. The van der Waals surface area contributed by atoms with Crippen LogP contribution in [0.2, 0.25) is 0 Å². The molecule has 0 amide bonds. The topological polar surface area (TPSA) is 69.6 Å². The van der Waals surface area contributed by atoms with Crippen LogP contribution in [0.1, 0.15) is 24.4 Å². The van der Waals surface area contributed by atoms with Crippen LogP contribution < -0.4 is 0 Å². The van der Waals surface area contributed by atoms with Crippen molar-refractivity contribution in [2.45, 2.75) is 19.9 Å². The molecule has 6 nitrogen and oxygen atoms in total. The molecule has 0 aliphatic heterocycles. The lowest BCUT2D eigenvalue weighted by atomic mass is 10.2. The van der Waals surface area contributed by atoms with E-state index in [1.165, 1.54) is 5.56 Å². The smallest absolute Gasteiger partial charge is 0.249 e. The van der Waals surface area contributed by atoms with Crippen LogP contribution >= 0.6 is 11.3 Å². The molecule has 4 aromatic rings. The molecule has 4 rings (SSSR count). The van der Waals surface area contributed by atoms with Crippen molar-refractivity contribution in [2.24, 2.45) is 0 Å². The van der Waals surface area contributed by atoms with Gasteiger partial charge in [-0.3, -0.25) is 4.98 Å².